The molecule has 0 aromatic rings. The van der Waals surface area contributed by atoms with Crippen molar-refractivity contribution in [3.8, 4) is 0 Å². The molecule has 0 radical (unpaired) electrons. The van der Waals surface area contributed by atoms with Gasteiger partial charge >= 0.3 is 0 Å². The van der Waals surface area contributed by atoms with Crippen LogP contribution in [0.2, 0.25) is 0 Å². The van der Waals surface area contributed by atoms with Crippen LogP contribution in [0, 0.1) is 5.92 Å². The van der Waals surface area contributed by atoms with Crippen molar-refractivity contribution < 1.29 is 9.47 Å². The minimum atomic E-state index is 0.269. The molecule has 1 saturated carbocycles. The average Bonchev–Trinajstić information content (AvgIpc) is 3.00. The largest absolute Gasteiger partial charge is 0.376 e. The van der Waals surface area contributed by atoms with E-state index >= 15 is 0 Å². The monoisotopic (exact) mass is 199 g/mol. The quantitative estimate of drug-likeness (QED) is 0.721. The first kappa shape index (κ1) is 10.4. The van der Waals surface area contributed by atoms with E-state index in [9.17, 15) is 0 Å². The van der Waals surface area contributed by atoms with Crippen molar-refractivity contribution in [2.45, 2.75) is 38.3 Å². The van der Waals surface area contributed by atoms with Gasteiger partial charge in [0.05, 0.1) is 25.9 Å². The first-order chi connectivity index (χ1) is 6.84. The maximum Gasteiger partial charge on any atom is 0.0933 e. The average molecular weight is 199 g/mol. The minimum absolute atomic E-state index is 0.269. The molecule has 2 atom stereocenters. The van der Waals surface area contributed by atoms with Gasteiger partial charge in [0.2, 0.25) is 0 Å². The summed E-state index contributed by atoms with van der Waals surface area (Å²) in [6.45, 7) is 5.47. The number of rotatable bonds is 5. The van der Waals surface area contributed by atoms with E-state index in [1.165, 1.54) is 19.3 Å². The highest BCUT2D eigenvalue weighted by Crippen LogP contribution is 2.33. The van der Waals surface area contributed by atoms with Crippen molar-refractivity contribution in [3.05, 3.63) is 0 Å². The molecule has 14 heavy (non-hydrogen) atoms. The Morgan fingerprint density at radius 1 is 1.36 bits per heavy atom. The smallest absolute Gasteiger partial charge is 0.0933 e. The number of hydrogen-bond acceptors (Lipinski definition) is 3. The van der Waals surface area contributed by atoms with Crippen LogP contribution in [-0.2, 0) is 9.47 Å². The van der Waals surface area contributed by atoms with Gasteiger partial charge in [-0.3, -0.25) is 0 Å². The van der Waals surface area contributed by atoms with Gasteiger partial charge in [-0.25, -0.2) is 0 Å². The molecule has 0 spiro atoms. The standard InChI is InChI=1S/C11H21NO2/c1-9(6-10-2-3-10)12-7-11-8-13-4-5-14-11/h9-12H,2-8H2,1H3. The van der Waals surface area contributed by atoms with Crippen LogP contribution in [0.15, 0.2) is 0 Å². The molecule has 3 nitrogen and oxygen atoms in total. The van der Waals surface area contributed by atoms with E-state index in [1.807, 2.05) is 0 Å². The summed E-state index contributed by atoms with van der Waals surface area (Å²) in [6, 6.07) is 0.632. The van der Waals surface area contributed by atoms with E-state index in [-0.39, 0.29) is 6.10 Å². The molecule has 1 N–H and O–H groups in total. The molecule has 2 unspecified atom stereocenters. The molecule has 1 saturated heterocycles. The fourth-order valence-electron chi connectivity index (χ4n) is 1.92. The Labute approximate surface area is 86.2 Å². The summed E-state index contributed by atoms with van der Waals surface area (Å²) < 4.78 is 10.9. The van der Waals surface area contributed by atoms with Crippen molar-refractivity contribution in [1.82, 2.24) is 5.32 Å². The Morgan fingerprint density at radius 3 is 2.86 bits per heavy atom. The zero-order chi connectivity index (χ0) is 9.80. The van der Waals surface area contributed by atoms with Gasteiger partial charge in [-0.15, -0.1) is 0 Å². The van der Waals surface area contributed by atoms with Crippen LogP contribution in [0.5, 0.6) is 0 Å². The normalized spacial score (nSPS) is 30.2. The lowest BCUT2D eigenvalue weighted by Crippen LogP contribution is -2.40. The van der Waals surface area contributed by atoms with E-state index in [0.29, 0.717) is 6.04 Å². The second-order valence-corrected chi connectivity index (χ2v) is 4.56. The Bertz CT molecular complexity index is 165. The highest BCUT2D eigenvalue weighted by Gasteiger charge is 2.24. The first-order valence-corrected chi connectivity index (χ1v) is 5.77. The maximum atomic E-state index is 5.56. The predicted molar refractivity (Wildman–Crippen MR) is 55.4 cm³/mol. The molecule has 2 fully saturated rings. The highest BCUT2D eigenvalue weighted by molar-refractivity contribution is 4.78. The van der Waals surface area contributed by atoms with Crippen LogP contribution in [0.3, 0.4) is 0 Å². The van der Waals surface area contributed by atoms with Gasteiger partial charge in [-0.2, -0.15) is 0 Å². The van der Waals surface area contributed by atoms with Crippen LogP contribution in [0.1, 0.15) is 26.2 Å². The van der Waals surface area contributed by atoms with Gasteiger partial charge in [-0.05, 0) is 19.3 Å². The number of nitrogens with one attached hydrogen (secondary N) is 1. The molecule has 1 aliphatic carbocycles. The van der Waals surface area contributed by atoms with Gasteiger partial charge in [0.1, 0.15) is 0 Å². The molecule has 0 amide bonds. The van der Waals surface area contributed by atoms with Crippen molar-refractivity contribution in [2.24, 2.45) is 5.92 Å². The second kappa shape index (κ2) is 5.10. The predicted octanol–water partition coefficient (Wildman–Crippen LogP) is 1.18. The summed E-state index contributed by atoms with van der Waals surface area (Å²) in [5.41, 5.74) is 0. The molecule has 82 valence electrons. The Morgan fingerprint density at radius 2 is 2.21 bits per heavy atom. The SMILES string of the molecule is CC(CC1CC1)NCC1COCCO1. The zero-order valence-electron chi connectivity index (χ0n) is 9.00. The summed E-state index contributed by atoms with van der Waals surface area (Å²) >= 11 is 0. The van der Waals surface area contributed by atoms with Gasteiger partial charge in [-0.1, -0.05) is 12.8 Å². The molecule has 0 aromatic carbocycles. The molecule has 2 rings (SSSR count). The molecule has 3 heteroatoms. The molecule has 2 aliphatic rings. The third-order valence-corrected chi connectivity index (χ3v) is 2.96. The fraction of sp³-hybridized carbons (Fsp3) is 1.00. The lowest BCUT2D eigenvalue weighted by Gasteiger charge is -2.24. The fourth-order valence-corrected chi connectivity index (χ4v) is 1.92. The van der Waals surface area contributed by atoms with Crippen LogP contribution in [-0.4, -0.2) is 38.5 Å². The molecular formula is C11H21NO2. The lowest BCUT2D eigenvalue weighted by atomic mass is 10.1. The van der Waals surface area contributed by atoms with Gasteiger partial charge < -0.3 is 14.8 Å². The van der Waals surface area contributed by atoms with Crippen molar-refractivity contribution in [3.63, 3.8) is 0 Å². The van der Waals surface area contributed by atoms with Crippen molar-refractivity contribution in [1.29, 1.82) is 0 Å². The van der Waals surface area contributed by atoms with Crippen molar-refractivity contribution in [2.75, 3.05) is 26.4 Å². The zero-order valence-corrected chi connectivity index (χ0v) is 9.00. The summed E-state index contributed by atoms with van der Waals surface area (Å²) in [5.74, 6) is 1.00. The van der Waals surface area contributed by atoms with E-state index in [4.69, 9.17) is 9.47 Å². The molecule has 1 heterocycles. The Balaban J connectivity index is 1.55. The Hall–Kier alpha value is -0.120. The minimum Gasteiger partial charge on any atom is -0.376 e. The third kappa shape index (κ3) is 3.56. The summed E-state index contributed by atoms with van der Waals surface area (Å²) in [7, 11) is 0. The third-order valence-electron chi connectivity index (χ3n) is 2.96. The summed E-state index contributed by atoms with van der Waals surface area (Å²) in [4.78, 5) is 0. The van der Waals surface area contributed by atoms with E-state index in [0.717, 1.165) is 32.3 Å². The maximum absolute atomic E-state index is 5.56. The topological polar surface area (TPSA) is 30.5 Å². The first-order valence-electron chi connectivity index (χ1n) is 5.77. The second-order valence-electron chi connectivity index (χ2n) is 4.56. The number of ether oxygens (including phenoxy) is 2. The lowest BCUT2D eigenvalue weighted by molar-refractivity contribution is -0.0870. The number of hydrogen-bond donors (Lipinski definition) is 1. The van der Waals surface area contributed by atoms with Crippen LogP contribution in [0.4, 0.5) is 0 Å². The summed E-state index contributed by atoms with van der Waals surface area (Å²) in [5, 5.41) is 3.52. The van der Waals surface area contributed by atoms with E-state index < -0.39 is 0 Å². The van der Waals surface area contributed by atoms with E-state index in [2.05, 4.69) is 12.2 Å². The summed E-state index contributed by atoms with van der Waals surface area (Å²) in [6.07, 6.45) is 4.47. The van der Waals surface area contributed by atoms with Crippen LogP contribution < -0.4 is 5.32 Å². The van der Waals surface area contributed by atoms with Crippen LogP contribution >= 0.6 is 0 Å². The molecule has 0 aromatic heterocycles. The molecular weight excluding hydrogens is 178 g/mol. The van der Waals surface area contributed by atoms with Crippen molar-refractivity contribution >= 4 is 0 Å². The van der Waals surface area contributed by atoms with Gasteiger partial charge in [0.15, 0.2) is 0 Å². The van der Waals surface area contributed by atoms with Crippen LogP contribution in [0.25, 0.3) is 0 Å². The van der Waals surface area contributed by atoms with Gasteiger partial charge in [0, 0.05) is 12.6 Å². The van der Waals surface area contributed by atoms with Gasteiger partial charge in [0.25, 0.3) is 0 Å². The molecule has 0 bridgehead atoms. The highest BCUT2D eigenvalue weighted by atomic mass is 16.6. The molecule has 1 aliphatic heterocycles. The Kier molecular flexibility index (Phi) is 3.79. The van der Waals surface area contributed by atoms with E-state index in [1.54, 1.807) is 0 Å².